The van der Waals surface area contributed by atoms with Crippen LogP contribution in [0.2, 0.25) is 0 Å². The van der Waals surface area contributed by atoms with Crippen molar-refractivity contribution in [1.82, 2.24) is 10.6 Å². The van der Waals surface area contributed by atoms with Crippen molar-refractivity contribution in [1.29, 1.82) is 0 Å². The van der Waals surface area contributed by atoms with Crippen molar-refractivity contribution < 1.29 is 0 Å². The molecule has 3 rings (SSSR count). The molecule has 0 amide bonds. The molecule has 3 aliphatic rings. The van der Waals surface area contributed by atoms with Crippen LogP contribution in [0.5, 0.6) is 0 Å². The summed E-state index contributed by atoms with van der Waals surface area (Å²) in [5.41, 5.74) is 0.651. The minimum absolute atomic E-state index is 0. The summed E-state index contributed by atoms with van der Waals surface area (Å²) < 4.78 is 0. The van der Waals surface area contributed by atoms with Gasteiger partial charge in [0.1, 0.15) is 0 Å². The first kappa shape index (κ1) is 16.4. The van der Waals surface area contributed by atoms with Crippen LogP contribution in [0.1, 0.15) is 58.3 Å². The third-order valence-corrected chi connectivity index (χ3v) is 5.52. The summed E-state index contributed by atoms with van der Waals surface area (Å²) in [6.45, 7) is 3.51. The summed E-state index contributed by atoms with van der Waals surface area (Å²) in [5.74, 6) is 2.97. The summed E-state index contributed by atoms with van der Waals surface area (Å²) in [6.07, 6.45) is 11.1. The fourth-order valence-electron chi connectivity index (χ4n) is 3.64. The van der Waals surface area contributed by atoms with Crippen molar-refractivity contribution in [2.75, 3.05) is 13.6 Å². The van der Waals surface area contributed by atoms with Gasteiger partial charge in [0, 0.05) is 19.6 Å². The summed E-state index contributed by atoms with van der Waals surface area (Å²) in [7, 11) is 1.90. The Hall–Kier alpha value is 0. The molecule has 0 aromatic heterocycles. The summed E-state index contributed by atoms with van der Waals surface area (Å²) in [6, 6.07) is 0.637. The van der Waals surface area contributed by atoms with Gasteiger partial charge in [-0.25, -0.2) is 0 Å². The van der Waals surface area contributed by atoms with E-state index < -0.39 is 0 Å². The maximum atomic E-state index is 4.41. The third-order valence-electron chi connectivity index (χ3n) is 5.52. The van der Waals surface area contributed by atoms with Gasteiger partial charge in [-0.1, -0.05) is 6.92 Å². The molecule has 0 saturated heterocycles. The standard InChI is InChI=1S/C16H29N3.HI/c1-12-3-7-14(8-4-12)19-15(17-2)18-11-16(9-10-16)13-5-6-13;/h12-14H,3-11H2,1-2H3,(H2,17,18,19);1H. The van der Waals surface area contributed by atoms with Crippen LogP contribution in [0.4, 0.5) is 0 Å². The largest absolute Gasteiger partial charge is 0.356 e. The van der Waals surface area contributed by atoms with Crippen LogP contribution < -0.4 is 10.6 Å². The van der Waals surface area contributed by atoms with Crippen LogP contribution in [0.3, 0.4) is 0 Å². The monoisotopic (exact) mass is 391 g/mol. The van der Waals surface area contributed by atoms with Gasteiger partial charge in [-0.15, -0.1) is 24.0 Å². The van der Waals surface area contributed by atoms with Crippen LogP contribution in [-0.2, 0) is 0 Å². The fourth-order valence-corrected chi connectivity index (χ4v) is 3.64. The molecule has 0 atom stereocenters. The number of nitrogens with one attached hydrogen (secondary N) is 2. The number of guanidine groups is 1. The SMILES string of the molecule is CN=C(NCC1(C2CC2)CC1)NC1CCC(C)CC1.I. The van der Waals surface area contributed by atoms with Crippen molar-refractivity contribution in [3.63, 3.8) is 0 Å². The van der Waals surface area contributed by atoms with Gasteiger partial charge in [0.2, 0.25) is 0 Å². The van der Waals surface area contributed by atoms with Crippen molar-refractivity contribution in [3.8, 4) is 0 Å². The van der Waals surface area contributed by atoms with E-state index in [-0.39, 0.29) is 24.0 Å². The van der Waals surface area contributed by atoms with Crippen molar-refractivity contribution in [3.05, 3.63) is 0 Å². The Balaban J connectivity index is 0.00000147. The maximum Gasteiger partial charge on any atom is 0.191 e. The second-order valence-electron chi connectivity index (χ2n) is 7.16. The van der Waals surface area contributed by atoms with E-state index in [1.807, 2.05) is 7.05 Å². The molecule has 0 bridgehead atoms. The lowest BCUT2D eigenvalue weighted by Crippen LogP contribution is -2.46. The zero-order valence-corrected chi connectivity index (χ0v) is 15.3. The highest BCUT2D eigenvalue weighted by Gasteiger charge is 2.53. The molecule has 0 aliphatic heterocycles. The second-order valence-corrected chi connectivity index (χ2v) is 7.16. The molecule has 3 nitrogen and oxygen atoms in total. The van der Waals surface area contributed by atoms with Gasteiger partial charge in [-0.05, 0) is 68.6 Å². The fraction of sp³-hybridized carbons (Fsp3) is 0.938. The molecule has 4 heteroatoms. The molecule has 3 saturated carbocycles. The Bertz CT molecular complexity index is 340. The molecule has 0 heterocycles. The minimum atomic E-state index is 0. The molecular weight excluding hydrogens is 361 g/mol. The van der Waals surface area contributed by atoms with Gasteiger partial charge in [0.05, 0.1) is 0 Å². The van der Waals surface area contributed by atoms with Gasteiger partial charge in [0.25, 0.3) is 0 Å². The minimum Gasteiger partial charge on any atom is -0.356 e. The molecular formula is C16H30IN3. The van der Waals surface area contributed by atoms with Gasteiger partial charge in [-0.2, -0.15) is 0 Å². The summed E-state index contributed by atoms with van der Waals surface area (Å²) in [4.78, 5) is 4.41. The summed E-state index contributed by atoms with van der Waals surface area (Å²) >= 11 is 0. The molecule has 3 aliphatic carbocycles. The Morgan fingerprint density at radius 2 is 1.75 bits per heavy atom. The van der Waals surface area contributed by atoms with Gasteiger partial charge in [-0.3, -0.25) is 4.99 Å². The van der Waals surface area contributed by atoms with Crippen LogP contribution in [0, 0.1) is 17.3 Å². The van der Waals surface area contributed by atoms with E-state index in [2.05, 4.69) is 22.5 Å². The Morgan fingerprint density at radius 3 is 2.25 bits per heavy atom. The number of nitrogens with zero attached hydrogens (tertiary/aromatic N) is 1. The van der Waals surface area contributed by atoms with E-state index >= 15 is 0 Å². The first-order valence-electron chi connectivity index (χ1n) is 8.19. The highest BCUT2D eigenvalue weighted by Crippen LogP contribution is 2.60. The number of halogens is 1. The lowest BCUT2D eigenvalue weighted by atomic mass is 9.87. The van der Waals surface area contributed by atoms with E-state index in [0.717, 1.165) is 24.3 Å². The van der Waals surface area contributed by atoms with Crippen molar-refractivity contribution in [2.45, 2.75) is 64.3 Å². The van der Waals surface area contributed by atoms with E-state index in [0.29, 0.717) is 11.5 Å². The molecule has 3 fully saturated rings. The van der Waals surface area contributed by atoms with Crippen LogP contribution in [0.15, 0.2) is 4.99 Å². The molecule has 0 unspecified atom stereocenters. The molecule has 2 N–H and O–H groups in total. The lowest BCUT2D eigenvalue weighted by molar-refractivity contribution is 0.328. The van der Waals surface area contributed by atoms with Crippen LogP contribution in [-0.4, -0.2) is 25.6 Å². The summed E-state index contributed by atoms with van der Waals surface area (Å²) in [5, 5.41) is 7.22. The molecule has 0 aromatic carbocycles. The number of aliphatic imine (C=N–C) groups is 1. The van der Waals surface area contributed by atoms with Crippen LogP contribution >= 0.6 is 24.0 Å². The topological polar surface area (TPSA) is 36.4 Å². The molecule has 20 heavy (non-hydrogen) atoms. The lowest BCUT2D eigenvalue weighted by Gasteiger charge is -2.29. The van der Waals surface area contributed by atoms with E-state index in [9.17, 15) is 0 Å². The van der Waals surface area contributed by atoms with Gasteiger partial charge in [0.15, 0.2) is 5.96 Å². The zero-order chi connectivity index (χ0) is 13.3. The number of rotatable bonds is 4. The smallest absolute Gasteiger partial charge is 0.191 e. The molecule has 0 spiro atoms. The Kier molecular flexibility index (Phi) is 5.60. The van der Waals surface area contributed by atoms with E-state index in [1.165, 1.54) is 51.4 Å². The second kappa shape index (κ2) is 6.84. The van der Waals surface area contributed by atoms with E-state index in [4.69, 9.17) is 0 Å². The third kappa shape index (κ3) is 4.01. The maximum absolute atomic E-state index is 4.41. The van der Waals surface area contributed by atoms with E-state index in [1.54, 1.807) is 0 Å². The highest BCUT2D eigenvalue weighted by molar-refractivity contribution is 14.0. The van der Waals surface area contributed by atoms with Crippen LogP contribution in [0.25, 0.3) is 0 Å². The Labute approximate surface area is 140 Å². The zero-order valence-electron chi connectivity index (χ0n) is 13.0. The molecule has 116 valence electrons. The van der Waals surface area contributed by atoms with Gasteiger partial charge < -0.3 is 10.6 Å². The van der Waals surface area contributed by atoms with Crippen molar-refractivity contribution >= 4 is 29.9 Å². The normalized spacial score (nSPS) is 32.2. The first-order valence-corrected chi connectivity index (χ1v) is 8.19. The number of hydrogen-bond donors (Lipinski definition) is 2. The predicted octanol–water partition coefficient (Wildman–Crippen LogP) is 3.54. The molecule has 0 aromatic rings. The van der Waals surface area contributed by atoms with Gasteiger partial charge >= 0.3 is 0 Å². The average Bonchev–Trinajstić information content (AvgIpc) is 3.28. The highest BCUT2D eigenvalue weighted by atomic mass is 127. The quantitative estimate of drug-likeness (QED) is 0.437. The first-order chi connectivity index (χ1) is 9.22. The molecule has 0 radical (unpaired) electrons. The predicted molar refractivity (Wildman–Crippen MR) is 95.7 cm³/mol. The average molecular weight is 391 g/mol. The Morgan fingerprint density at radius 1 is 1.10 bits per heavy atom. The van der Waals surface area contributed by atoms with Crippen molar-refractivity contribution in [2.24, 2.45) is 22.2 Å². The number of hydrogen-bond acceptors (Lipinski definition) is 1.